The van der Waals surface area contributed by atoms with Crippen LogP contribution in [0.3, 0.4) is 0 Å². The Morgan fingerprint density at radius 3 is 2.42 bits per heavy atom. The van der Waals surface area contributed by atoms with Crippen LogP contribution in [-0.4, -0.2) is 41.8 Å². The number of hydrogen-bond donors (Lipinski definition) is 1. The van der Waals surface area contributed by atoms with Crippen LogP contribution >= 0.6 is 0 Å². The Morgan fingerprint density at radius 2 is 1.95 bits per heavy atom. The number of likely N-dealkylation sites (tertiary alicyclic amines) is 1. The van der Waals surface area contributed by atoms with Crippen LogP contribution in [0, 0.1) is 17.8 Å². The van der Waals surface area contributed by atoms with Crippen LogP contribution in [0.4, 0.5) is 13.2 Å². The van der Waals surface area contributed by atoms with Crippen molar-refractivity contribution >= 4 is 5.97 Å². The van der Waals surface area contributed by atoms with E-state index in [1.54, 1.807) is 4.90 Å². The van der Waals surface area contributed by atoms with Crippen molar-refractivity contribution in [3.63, 3.8) is 0 Å². The Balaban J connectivity index is 2.59. The molecule has 3 nitrogen and oxygen atoms in total. The zero-order chi connectivity index (χ0) is 14.6. The minimum absolute atomic E-state index is 0.427. The summed E-state index contributed by atoms with van der Waals surface area (Å²) in [4.78, 5) is 12.4. The highest BCUT2D eigenvalue weighted by Gasteiger charge is 2.45. The third-order valence-electron chi connectivity index (χ3n) is 3.94. The monoisotopic (exact) mass is 281 g/mol. The summed E-state index contributed by atoms with van der Waals surface area (Å²) in [7, 11) is 0. The van der Waals surface area contributed by atoms with Gasteiger partial charge in [-0.1, -0.05) is 13.8 Å². The maximum Gasteiger partial charge on any atom is 0.403 e. The van der Waals surface area contributed by atoms with Gasteiger partial charge < -0.3 is 10.0 Å². The third kappa shape index (κ3) is 5.01. The number of hydrogen-bond acceptors (Lipinski definition) is 2. The van der Waals surface area contributed by atoms with E-state index in [0.29, 0.717) is 24.9 Å². The average Bonchev–Trinajstić information content (AvgIpc) is 2.48. The van der Waals surface area contributed by atoms with Crippen molar-refractivity contribution in [2.45, 2.75) is 39.3 Å². The molecule has 1 saturated heterocycles. The first kappa shape index (κ1) is 16.3. The van der Waals surface area contributed by atoms with E-state index in [0.717, 1.165) is 19.3 Å². The molecule has 0 aliphatic carbocycles. The number of carboxylic acid groups (broad SMARTS) is 1. The molecule has 1 N–H and O–H groups in total. The van der Waals surface area contributed by atoms with Crippen LogP contribution in [0.5, 0.6) is 0 Å². The lowest BCUT2D eigenvalue weighted by atomic mass is 9.89. The van der Waals surface area contributed by atoms with Crippen molar-refractivity contribution in [1.82, 2.24) is 4.90 Å². The second kappa shape index (κ2) is 6.59. The summed E-state index contributed by atoms with van der Waals surface area (Å²) in [5.74, 6) is -3.00. The minimum atomic E-state index is -4.67. The fourth-order valence-corrected chi connectivity index (χ4v) is 2.61. The molecule has 0 spiro atoms. The zero-order valence-electron chi connectivity index (χ0n) is 11.4. The number of carbonyl (C=O) groups is 1. The van der Waals surface area contributed by atoms with Crippen LogP contribution in [0.25, 0.3) is 0 Å². The predicted molar refractivity (Wildman–Crippen MR) is 65.8 cm³/mol. The Labute approximate surface area is 111 Å². The van der Waals surface area contributed by atoms with Gasteiger partial charge in [0.25, 0.3) is 0 Å². The highest BCUT2D eigenvalue weighted by atomic mass is 19.4. The fourth-order valence-electron chi connectivity index (χ4n) is 2.61. The summed E-state index contributed by atoms with van der Waals surface area (Å²) in [6, 6.07) is 0. The molecule has 0 radical (unpaired) electrons. The summed E-state index contributed by atoms with van der Waals surface area (Å²) >= 11 is 0. The molecule has 1 aliphatic heterocycles. The Morgan fingerprint density at radius 1 is 1.32 bits per heavy atom. The number of rotatable bonds is 4. The molecule has 19 heavy (non-hydrogen) atoms. The van der Waals surface area contributed by atoms with Crippen LogP contribution in [-0.2, 0) is 4.79 Å². The van der Waals surface area contributed by atoms with Gasteiger partial charge >= 0.3 is 12.1 Å². The van der Waals surface area contributed by atoms with Gasteiger partial charge in [0.15, 0.2) is 5.92 Å². The van der Waals surface area contributed by atoms with Gasteiger partial charge in [0.1, 0.15) is 0 Å². The molecule has 112 valence electrons. The second-order valence-corrected chi connectivity index (χ2v) is 5.67. The Hall–Kier alpha value is -0.780. The maximum atomic E-state index is 12.6. The lowest BCUT2D eigenvalue weighted by Gasteiger charge is -2.25. The normalized spacial score (nSPS) is 24.2. The smallest absolute Gasteiger partial charge is 0.403 e. The van der Waals surface area contributed by atoms with E-state index in [1.165, 1.54) is 0 Å². The number of alkyl halides is 3. The lowest BCUT2D eigenvalue weighted by Crippen LogP contribution is -2.41. The topological polar surface area (TPSA) is 40.5 Å². The van der Waals surface area contributed by atoms with E-state index in [1.807, 2.05) is 0 Å². The zero-order valence-corrected chi connectivity index (χ0v) is 11.4. The molecular weight excluding hydrogens is 259 g/mol. The van der Waals surface area contributed by atoms with Gasteiger partial charge in [0, 0.05) is 6.54 Å². The Bertz CT molecular complexity index is 305. The molecule has 0 aromatic rings. The molecule has 2 unspecified atom stereocenters. The third-order valence-corrected chi connectivity index (χ3v) is 3.94. The van der Waals surface area contributed by atoms with Gasteiger partial charge in [-0.2, -0.15) is 13.2 Å². The average molecular weight is 281 g/mol. The Kier molecular flexibility index (Phi) is 5.64. The number of aliphatic carboxylic acids is 1. The van der Waals surface area contributed by atoms with Gasteiger partial charge in [-0.25, -0.2) is 0 Å². The van der Waals surface area contributed by atoms with Gasteiger partial charge in [0.2, 0.25) is 0 Å². The lowest BCUT2D eigenvalue weighted by molar-refractivity contribution is -0.196. The molecule has 0 aromatic heterocycles. The standard InChI is InChI=1S/C13H22F3NO2/c1-9(2)10-4-3-6-17(7-5-10)8-11(12(18)19)13(14,15)16/h9-11H,3-8H2,1-2H3,(H,18,19). The van der Waals surface area contributed by atoms with Crippen molar-refractivity contribution in [2.75, 3.05) is 19.6 Å². The highest BCUT2D eigenvalue weighted by molar-refractivity contribution is 5.71. The summed E-state index contributed by atoms with van der Waals surface area (Å²) in [6.45, 7) is 4.93. The summed E-state index contributed by atoms with van der Waals surface area (Å²) < 4.78 is 37.9. The quantitative estimate of drug-likeness (QED) is 0.861. The van der Waals surface area contributed by atoms with Gasteiger partial charge in [-0.15, -0.1) is 0 Å². The second-order valence-electron chi connectivity index (χ2n) is 5.67. The van der Waals surface area contributed by atoms with Crippen molar-refractivity contribution in [3.05, 3.63) is 0 Å². The van der Waals surface area contributed by atoms with E-state index >= 15 is 0 Å². The minimum Gasteiger partial charge on any atom is -0.481 e. The molecule has 1 aliphatic rings. The van der Waals surface area contributed by atoms with Gasteiger partial charge in [-0.05, 0) is 44.2 Å². The number of carboxylic acids is 1. The SMILES string of the molecule is CC(C)C1CCCN(CC(C(=O)O)C(F)(F)F)CC1. The molecule has 0 aromatic carbocycles. The largest absolute Gasteiger partial charge is 0.481 e. The molecule has 1 fully saturated rings. The molecule has 0 saturated carbocycles. The molecule has 2 atom stereocenters. The highest BCUT2D eigenvalue weighted by Crippen LogP contribution is 2.29. The molecular formula is C13H22F3NO2. The first-order valence-corrected chi connectivity index (χ1v) is 6.73. The van der Waals surface area contributed by atoms with E-state index in [2.05, 4.69) is 13.8 Å². The molecule has 0 amide bonds. The van der Waals surface area contributed by atoms with E-state index in [-0.39, 0.29) is 0 Å². The molecule has 1 heterocycles. The first-order chi connectivity index (χ1) is 8.71. The summed E-state index contributed by atoms with van der Waals surface area (Å²) in [5.41, 5.74) is 0. The van der Waals surface area contributed by atoms with Crippen LogP contribution in [0.1, 0.15) is 33.1 Å². The molecule has 6 heteroatoms. The van der Waals surface area contributed by atoms with Crippen molar-refractivity contribution < 1.29 is 23.1 Å². The van der Waals surface area contributed by atoms with Crippen molar-refractivity contribution in [2.24, 2.45) is 17.8 Å². The van der Waals surface area contributed by atoms with Crippen molar-refractivity contribution in [1.29, 1.82) is 0 Å². The van der Waals surface area contributed by atoms with Gasteiger partial charge in [-0.3, -0.25) is 4.79 Å². The van der Waals surface area contributed by atoms with Gasteiger partial charge in [0.05, 0.1) is 0 Å². The van der Waals surface area contributed by atoms with E-state index in [9.17, 15) is 18.0 Å². The number of halogens is 3. The molecule has 1 rings (SSSR count). The molecule has 0 bridgehead atoms. The first-order valence-electron chi connectivity index (χ1n) is 6.73. The van der Waals surface area contributed by atoms with Crippen LogP contribution in [0.2, 0.25) is 0 Å². The van der Waals surface area contributed by atoms with Crippen LogP contribution < -0.4 is 0 Å². The van der Waals surface area contributed by atoms with E-state index < -0.39 is 24.6 Å². The number of nitrogens with zero attached hydrogens (tertiary/aromatic N) is 1. The van der Waals surface area contributed by atoms with E-state index in [4.69, 9.17) is 5.11 Å². The van der Waals surface area contributed by atoms with Crippen molar-refractivity contribution in [3.8, 4) is 0 Å². The summed E-state index contributed by atoms with van der Waals surface area (Å²) in [6.07, 6.45) is -1.97. The predicted octanol–water partition coefficient (Wildman–Crippen LogP) is 3.01. The fraction of sp³-hybridized carbons (Fsp3) is 0.923. The van der Waals surface area contributed by atoms with Crippen LogP contribution in [0.15, 0.2) is 0 Å². The summed E-state index contributed by atoms with van der Waals surface area (Å²) in [5, 5.41) is 8.70. The maximum absolute atomic E-state index is 12.6.